The lowest BCUT2D eigenvalue weighted by Gasteiger charge is -2.12. The molecular formula is C19H19N7O2. The monoisotopic (exact) mass is 377 g/mol. The molecule has 0 saturated carbocycles. The number of rotatable bonds is 5. The lowest BCUT2D eigenvalue weighted by atomic mass is 10.2. The third kappa shape index (κ3) is 3.41. The van der Waals surface area contributed by atoms with Gasteiger partial charge in [0.1, 0.15) is 5.75 Å². The van der Waals surface area contributed by atoms with Crippen LogP contribution in [-0.4, -0.2) is 36.8 Å². The Kier molecular flexibility index (Phi) is 4.48. The van der Waals surface area contributed by atoms with Crippen molar-refractivity contribution in [1.29, 1.82) is 0 Å². The Morgan fingerprint density at radius 3 is 2.61 bits per heavy atom. The third-order valence-electron chi connectivity index (χ3n) is 4.16. The van der Waals surface area contributed by atoms with Crippen LogP contribution in [0.4, 0.5) is 11.6 Å². The Morgan fingerprint density at radius 1 is 1.11 bits per heavy atom. The average Bonchev–Trinajstić information content (AvgIpc) is 3.30. The van der Waals surface area contributed by atoms with Crippen LogP contribution in [0.2, 0.25) is 0 Å². The zero-order valence-electron chi connectivity index (χ0n) is 16.0. The molecular weight excluding hydrogens is 358 g/mol. The fraction of sp³-hybridized carbons (Fsp3) is 0.211. The van der Waals surface area contributed by atoms with E-state index in [1.54, 1.807) is 26.6 Å². The number of anilines is 2. The molecule has 3 heterocycles. The third-order valence-corrected chi connectivity index (χ3v) is 4.16. The molecule has 0 radical (unpaired) electrons. The van der Waals surface area contributed by atoms with Gasteiger partial charge in [0, 0.05) is 24.1 Å². The summed E-state index contributed by atoms with van der Waals surface area (Å²) in [6.07, 6.45) is 5.36. The lowest BCUT2D eigenvalue weighted by molar-refractivity contribution is 0.413. The van der Waals surface area contributed by atoms with E-state index in [1.807, 2.05) is 42.8 Å². The Labute approximate surface area is 161 Å². The van der Waals surface area contributed by atoms with E-state index in [4.69, 9.17) is 9.26 Å². The van der Waals surface area contributed by atoms with Crippen LogP contribution in [0.5, 0.6) is 5.75 Å². The standard InChI is InChI=1S/C19H19N7O2/c1-11-9-26(10-21-11)16-6-5-14(7-17(16)27-4)24-19-20-8-15(12(2)22-19)18-23-13(3)25-28-18/h5-10H,1-4H3,(H,20,22,24). The average molecular weight is 377 g/mol. The van der Waals surface area contributed by atoms with E-state index < -0.39 is 0 Å². The Balaban J connectivity index is 1.59. The molecule has 4 aromatic rings. The summed E-state index contributed by atoms with van der Waals surface area (Å²) >= 11 is 0. The Hall–Kier alpha value is -3.75. The minimum Gasteiger partial charge on any atom is -0.494 e. The first-order chi connectivity index (χ1) is 13.5. The number of nitrogens with zero attached hydrogens (tertiary/aromatic N) is 6. The molecule has 9 nitrogen and oxygen atoms in total. The zero-order chi connectivity index (χ0) is 19.7. The van der Waals surface area contributed by atoms with Crippen LogP contribution in [0.15, 0.2) is 41.4 Å². The summed E-state index contributed by atoms with van der Waals surface area (Å²) in [5.41, 5.74) is 4.07. The van der Waals surface area contributed by atoms with Crippen LogP contribution in [0.1, 0.15) is 17.2 Å². The maximum Gasteiger partial charge on any atom is 0.261 e. The molecule has 3 aromatic heterocycles. The number of hydrogen-bond acceptors (Lipinski definition) is 8. The van der Waals surface area contributed by atoms with Crippen molar-refractivity contribution in [3.8, 4) is 22.9 Å². The zero-order valence-corrected chi connectivity index (χ0v) is 16.0. The molecule has 4 rings (SSSR count). The molecule has 142 valence electrons. The highest BCUT2D eigenvalue weighted by Crippen LogP contribution is 2.28. The topological polar surface area (TPSA) is 104 Å². The maximum atomic E-state index is 5.53. The first-order valence-corrected chi connectivity index (χ1v) is 8.64. The Morgan fingerprint density at radius 2 is 1.96 bits per heavy atom. The quantitative estimate of drug-likeness (QED) is 0.564. The second-order valence-electron chi connectivity index (χ2n) is 6.27. The van der Waals surface area contributed by atoms with E-state index in [0.29, 0.717) is 29.0 Å². The number of aromatic nitrogens is 6. The van der Waals surface area contributed by atoms with Crippen molar-refractivity contribution in [2.45, 2.75) is 20.8 Å². The SMILES string of the molecule is COc1cc(Nc2ncc(-c3nc(C)no3)c(C)n2)ccc1-n1cnc(C)c1. The number of ether oxygens (including phenoxy) is 1. The summed E-state index contributed by atoms with van der Waals surface area (Å²) < 4.78 is 12.6. The fourth-order valence-corrected chi connectivity index (χ4v) is 2.79. The largest absolute Gasteiger partial charge is 0.494 e. The van der Waals surface area contributed by atoms with Gasteiger partial charge in [0.05, 0.1) is 36.1 Å². The van der Waals surface area contributed by atoms with Gasteiger partial charge < -0.3 is 19.1 Å². The predicted octanol–water partition coefficient (Wildman–Crippen LogP) is 3.39. The molecule has 0 aliphatic rings. The van der Waals surface area contributed by atoms with Crippen LogP contribution in [0, 0.1) is 20.8 Å². The molecule has 0 unspecified atom stereocenters. The van der Waals surface area contributed by atoms with Crippen molar-refractivity contribution >= 4 is 11.6 Å². The molecule has 1 N–H and O–H groups in total. The fourth-order valence-electron chi connectivity index (χ4n) is 2.79. The van der Waals surface area contributed by atoms with Gasteiger partial charge in [-0.3, -0.25) is 0 Å². The Bertz CT molecular complexity index is 1130. The smallest absolute Gasteiger partial charge is 0.261 e. The molecule has 0 atom stereocenters. The minimum absolute atomic E-state index is 0.406. The van der Waals surface area contributed by atoms with Crippen molar-refractivity contribution in [2.24, 2.45) is 0 Å². The van der Waals surface area contributed by atoms with Gasteiger partial charge in [-0.05, 0) is 32.9 Å². The van der Waals surface area contributed by atoms with Crippen molar-refractivity contribution in [3.63, 3.8) is 0 Å². The summed E-state index contributed by atoms with van der Waals surface area (Å²) in [6, 6.07) is 5.77. The van der Waals surface area contributed by atoms with Crippen LogP contribution in [-0.2, 0) is 0 Å². The number of nitrogens with one attached hydrogen (secondary N) is 1. The molecule has 9 heteroatoms. The van der Waals surface area contributed by atoms with Gasteiger partial charge in [-0.25, -0.2) is 15.0 Å². The minimum atomic E-state index is 0.406. The second-order valence-corrected chi connectivity index (χ2v) is 6.27. The van der Waals surface area contributed by atoms with Gasteiger partial charge in [-0.15, -0.1) is 0 Å². The highest BCUT2D eigenvalue weighted by atomic mass is 16.5. The molecule has 0 aliphatic heterocycles. The second kappa shape index (κ2) is 7.10. The lowest BCUT2D eigenvalue weighted by Crippen LogP contribution is -2.01. The predicted molar refractivity (Wildman–Crippen MR) is 103 cm³/mol. The van der Waals surface area contributed by atoms with Gasteiger partial charge in [0.15, 0.2) is 5.82 Å². The molecule has 0 spiro atoms. The van der Waals surface area contributed by atoms with Crippen LogP contribution < -0.4 is 10.1 Å². The number of aryl methyl sites for hydroxylation is 3. The van der Waals surface area contributed by atoms with E-state index in [0.717, 1.165) is 22.8 Å². The van der Waals surface area contributed by atoms with Gasteiger partial charge in [-0.2, -0.15) is 4.98 Å². The number of hydrogen-bond donors (Lipinski definition) is 1. The van der Waals surface area contributed by atoms with E-state index >= 15 is 0 Å². The summed E-state index contributed by atoms with van der Waals surface area (Å²) in [7, 11) is 1.63. The van der Waals surface area contributed by atoms with Crippen molar-refractivity contribution in [3.05, 3.63) is 54.1 Å². The normalized spacial score (nSPS) is 10.9. The summed E-state index contributed by atoms with van der Waals surface area (Å²) in [4.78, 5) is 17.3. The highest BCUT2D eigenvalue weighted by Gasteiger charge is 2.13. The van der Waals surface area contributed by atoms with Gasteiger partial charge in [0.2, 0.25) is 5.95 Å². The van der Waals surface area contributed by atoms with E-state index in [1.165, 1.54) is 0 Å². The molecule has 28 heavy (non-hydrogen) atoms. The van der Waals surface area contributed by atoms with E-state index in [9.17, 15) is 0 Å². The summed E-state index contributed by atoms with van der Waals surface area (Å²) in [6.45, 7) is 5.58. The van der Waals surface area contributed by atoms with Crippen LogP contribution in [0.25, 0.3) is 17.1 Å². The summed E-state index contributed by atoms with van der Waals surface area (Å²) in [5.74, 6) is 2.14. The van der Waals surface area contributed by atoms with Gasteiger partial charge in [-0.1, -0.05) is 5.16 Å². The van der Waals surface area contributed by atoms with Crippen LogP contribution >= 0.6 is 0 Å². The molecule has 0 amide bonds. The highest BCUT2D eigenvalue weighted by molar-refractivity contribution is 5.63. The molecule has 0 fully saturated rings. The van der Waals surface area contributed by atoms with Crippen LogP contribution in [0.3, 0.4) is 0 Å². The van der Waals surface area contributed by atoms with Gasteiger partial charge >= 0.3 is 0 Å². The first kappa shape index (κ1) is 17.7. The molecule has 0 saturated heterocycles. The summed E-state index contributed by atoms with van der Waals surface area (Å²) in [5, 5.41) is 6.99. The maximum absolute atomic E-state index is 5.53. The van der Waals surface area contributed by atoms with E-state index in [2.05, 4.69) is 30.4 Å². The first-order valence-electron chi connectivity index (χ1n) is 8.64. The van der Waals surface area contributed by atoms with Gasteiger partial charge in [0.25, 0.3) is 5.89 Å². The van der Waals surface area contributed by atoms with Crippen molar-refractivity contribution < 1.29 is 9.26 Å². The van der Waals surface area contributed by atoms with Crippen molar-refractivity contribution in [2.75, 3.05) is 12.4 Å². The van der Waals surface area contributed by atoms with E-state index in [-0.39, 0.29) is 0 Å². The molecule has 0 aliphatic carbocycles. The number of imidazole rings is 1. The number of benzene rings is 1. The number of methoxy groups -OCH3 is 1. The van der Waals surface area contributed by atoms with Crippen molar-refractivity contribution in [1.82, 2.24) is 29.7 Å². The molecule has 0 bridgehead atoms. The molecule has 1 aromatic carbocycles.